The van der Waals surface area contributed by atoms with Crippen molar-refractivity contribution >= 4 is 16.7 Å². The maximum absolute atomic E-state index is 4.70. The highest BCUT2D eigenvalue weighted by atomic mass is 15.0. The van der Waals surface area contributed by atoms with Gasteiger partial charge in [-0.05, 0) is 37.6 Å². The lowest BCUT2D eigenvalue weighted by atomic mass is 10.1. The molecule has 1 aromatic carbocycles. The Labute approximate surface area is 124 Å². The number of benzene rings is 1. The zero-order valence-electron chi connectivity index (χ0n) is 12.5. The standard InChI is InChI=1S/C17H18N4/c1-4-14-11(2)16(18-3)21-17(20-14)13-7-8-15-12(10-13)6-5-9-19-15/h5-10H,4H2,1-3H3,(H,18,20,21). The summed E-state index contributed by atoms with van der Waals surface area (Å²) >= 11 is 0. The highest BCUT2D eigenvalue weighted by molar-refractivity contribution is 5.83. The summed E-state index contributed by atoms with van der Waals surface area (Å²) in [5.41, 5.74) is 4.20. The smallest absolute Gasteiger partial charge is 0.161 e. The molecule has 2 aromatic heterocycles. The first kappa shape index (κ1) is 13.5. The molecule has 0 aliphatic carbocycles. The number of fused-ring (bicyclic) bond motifs is 1. The van der Waals surface area contributed by atoms with E-state index in [2.05, 4.69) is 41.3 Å². The van der Waals surface area contributed by atoms with Crippen LogP contribution in [0.5, 0.6) is 0 Å². The van der Waals surface area contributed by atoms with Crippen LogP contribution in [-0.4, -0.2) is 22.0 Å². The SMILES string of the molecule is CCc1nc(-c2ccc3ncccc3c2)nc(NC)c1C. The molecule has 3 rings (SSSR count). The Morgan fingerprint density at radius 1 is 1.14 bits per heavy atom. The minimum atomic E-state index is 0.757. The maximum atomic E-state index is 4.70. The lowest BCUT2D eigenvalue weighted by molar-refractivity contribution is 0.978. The van der Waals surface area contributed by atoms with Gasteiger partial charge >= 0.3 is 0 Å². The van der Waals surface area contributed by atoms with Gasteiger partial charge in [-0.15, -0.1) is 0 Å². The van der Waals surface area contributed by atoms with Crippen molar-refractivity contribution in [3.63, 3.8) is 0 Å². The third-order valence-electron chi connectivity index (χ3n) is 3.68. The molecule has 0 aliphatic rings. The van der Waals surface area contributed by atoms with Crippen LogP contribution >= 0.6 is 0 Å². The molecule has 1 N–H and O–H groups in total. The predicted octanol–water partition coefficient (Wildman–Crippen LogP) is 3.60. The van der Waals surface area contributed by atoms with Gasteiger partial charge in [-0.25, -0.2) is 9.97 Å². The molecular weight excluding hydrogens is 260 g/mol. The van der Waals surface area contributed by atoms with Crippen molar-refractivity contribution in [1.82, 2.24) is 15.0 Å². The Morgan fingerprint density at radius 3 is 2.76 bits per heavy atom. The highest BCUT2D eigenvalue weighted by Gasteiger charge is 2.10. The van der Waals surface area contributed by atoms with Gasteiger partial charge in [0.1, 0.15) is 5.82 Å². The van der Waals surface area contributed by atoms with Gasteiger partial charge in [0.05, 0.1) is 5.52 Å². The Morgan fingerprint density at radius 2 is 2.00 bits per heavy atom. The first-order chi connectivity index (χ1) is 10.2. The Kier molecular flexibility index (Phi) is 3.52. The van der Waals surface area contributed by atoms with Crippen molar-refractivity contribution in [3.05, 3.63) is 47.8 Å². The van der Waals surface area contributed by atoms with Crippen molar-refractivity contribution in [1.29, 1.82) is 0 Å². The number of aryl methyl sites for hydroxylation is 1. The Bertz CT molecular complexity index is 771. The molecule has 0 bridgehead atoms. The van der Waals surface area contributed by atoms with Crippen LogP contribution < -0.4 is 5.32 Å². The van der Waals surface area contributed by atoms with Crippen molar-refractivity contribution < 1.29 is 0 Å². The monoisotopic (exact) mass is 278 g/mol. The van der Waals surface area contributed by atoms with Gasteiger partial charge in [0.15, 0.2) is 5.82 Å². The van der Waals surface area contributed by atoms with Gasteiger partial charge in [-0.2, -0.15) is 0 Å². The van der Waals surface area contributed by atoms with Crippen LogP contribution in [0.1, 0.15) is 18.2 Å². The minimum absolute atomic E-state index is 0.757. The number of pyridine rings is 1. The molecule has 0 saturated carbocycles. The summed E-state index contributed by atoms with van der Waals surface area (Å²) in [6.07, 6.45) is 2.70. The van der Waals surface area contributed by atoms with Crippen molar-refractivity contribution in [2.24, 2.45) is 0 Å². The molecule has 0 amide bonds. The van der Waals surface area contributed by atoms with Crippen LogP contribution in [0.3, 0.4) is 0 Å². The van der Waals surface area contributed by atoms with E-state index in [1.165, 1.54) is 0 Å². The second-order valence-corrected chi connectivity index (χ2v) is 4.98. The summed E-state index contributed by atoms with van der Waals surface area (Å²) in [6, 6.07) is 10.1. The number of aromatic nitrogens is 3. The molecule has 0 spiro atoms. The lowest BCUT2D eigenvalue weighted by Gasteiger charge is -2.11. The second kappa shape index (κ2) is 5.48. The molecule has 0 aliphatic heterocycles. The van der Waals surface area contributed by atoms with Crippen molar-refractivity contribution in [2.45, 2.75) is 20.3 Å². The number of hydrogen-bond acceptors (Lipinski definition) is 4. The van der Waals surface area contributed by atoms with Gasteiger partial charge in [-0.3, -0.25) is 4.98 Å². The zero-order chi connectivity index (χ0) is 14.8. The number of anilines is 1. The van der Waals surface area contributed by atoms with Crippen LogP contribution in [0.15, 0.2) is 36.5 Å². The van der Waals surface area contributed by atoms with E-state index in [0.717, 1.165) is 45.8 Å². The zero-order valence-corrected chi connectivity index (χ0v) is 12.5. The van der Waals surface area contributed by atoms with Gasteiger partial charge in [0.25, 0.3) is 0 Å². The summed E-state index contributed by atoms with van der Waals surface area (Å²) < 4.78 is 0. The molecule has 106 valence electrons. The third-order valence-corrected chi connectivity index (χ3v) is 3.68. The second-order valence-electron chi connectivity index (χ2n) is 4.98. The topological polar surface area (TPSA) is 50.7 Å². The van der Waals surface area contributed by atoms with E-state index in [1.807, 2.05) is 25.2 Å². The third kappa shape index (κ3) is 2.44. The predicted molar refractivity (Wildman–Crippen MR) is 86.4 cm³/mol. The first-order valence-electron chi connectivity index (χ1n) is 7.13. The number of rotatable bonds is 3. The molecule has 0 fully saturated rings. The van der Waals surface area contributed by atoms with E-state index in [1.54, 1.807) is 6.20 Å². The molecule has 3 aromatic rings. The van der Waals surface area contributed by atoms with Crippen LogP contribution in [0.4, 0.5) is 5.82 Å². The lowest BCUT2D eigenvalue weighted by Crippen LogP contribution is -2.04. The minimum Gasteiger partial charge on any atom is -0.373 e. The highest BCUT2D eigenvalue weighted by Crippen LogP contribution is 2.24. The van der Waals surface area contributed by atoms with E-state index in [9.17, 15) is 0 Å². The molecule has 0 unspecified atom stereocenters. The molecule has 0 saturated heterocycles. The van der Waals surface area contributed by atoms with Gasteiger partial charge < -0.3 is 5.32 Å². The fourth-order valence-corrected chi connectivity index (χ4v) is 2.49. The molecule has 4 nitrogen and oxygen atoms in total. The molecule has 21 heavy (non-hydrogen) atoms. The summed E-state index contributed by atoms with van der Waals surface area (Å²) in [6.45, 7) is 4.17. The molecular formula is C17H18N4. The Hall–Kier alpha value is -2.49. The first-order valence-corrected chi connectivity index (χ1v) is 7.13. The number of nitrogens with one attached hydrogen (secondary N) is 1. The van der Waals surface area contributed by atoms with E-state index < -0.39 is 0 Å². The molecule has 4 heteroatoms. The largest absolute Gasteiger partial charge is 0.373 e. The molecule has 0 radical (unpaired) electrons. The van der Waals surface area contributed by atoms with E-state index >= 15 is 0 Å². The van der Waals surface area contributed by atoms with Crippen LogP contribution in [-0.2, 0) is 6.42 Å². The maximum Gasteiger partial charge on any atom is 0.161 e. The average Bonchev–Trinajstić information content (AvgIpc) is 2.54. The van der Waals surface area contributed by atoms with Crippen molar-refractivity contribution in [3.8, 4) is 11.4 Å². The fourth-order valence-electron chi connectivity index (χ4n) is 2.49. The average molecular weight is 278 g/mol. The number of nitrogens with zero attached hydrogens (tertiary/aromatic N) is 3. The van der Waals surface area contributed by atoms with Crippen molar-refractivity contribution in [2.75, 3.05) is 12.4 Å². The summed E-state index contributed by atoms with van der Waals surface area (Å²) in [5.74, 6) is 1.65. The fraction of sp³-hybridized carbons (Fsp3) is 0.235. The van der Waals surface area contributed by atoms with Gasteiger partial charge in [0, 0.05) is 35.5 Å². The summed E-state index contributed by atoms with van der Waals surface area (Å²) in [5, 5.41) is 4.25. The van der Waals surface area contributed by atoms with Gasteiger partial charge in [0.2, 0.25) is 0 Å². The van der Waals surface area contributed by atoms with Crippen LogP contribution in [0.25, 0.3) is 22.3 Å². The normalized spacial score (nSPS) is 10.8. The summed E-state index contributed by atoms with van der Waals surface area (Å²) in [7, 11) is 1.89. The van der Waals surface area contributed by atoms with Gasteiger partial charge in [-0.1, -0.05) is 13.0 Å². The quantitative estimate of drug-likeness (QED) is 0.795. The Balaban J connectivity index is 2.17. The number of hydrogen-bond donors (Lipinski definition) is 1. The van der Waals surface area contributed by atoms with E-state index in [-0.39, 0.29) is 0 Å². The molecule has 2 heterocycles. The van der Waals surface area contributed by atoms with Crippen LogP contribution in [0, 0.1) is 6.92 Å². The van der Waals surface area contributed by atoms with E-state index in [0.29, 0.717) is 0 Å². The summed E-state index contributed by atoms with van der Waals surface area (Å²) in [4.78, 5) is 13.7. The van der Waals surface area contributed by atoms with Crippen LogP contribution in [0.2, 0.25) is 0 Å². The molecule has 0 atom stereocenters. The van der Waals surface area contributed by atoms with E-state index in [4.69, 9.17) is 4.98 Å².